The zero-order valence-corrected chi connectivity index (χ0v) is 16.2. The van der Waals surface area contributed by atoms with Crippen molar-refractivity contribution >= 4 is 11.9 Å². The third-order valence-electron chi connectivity index (χ3n) is 5.56. The number of aryl methyl sites for hydroxylation is 2. The van der Waals surface area contributed by atoms with E-state index in [2.05, 4.69) is 6.92 Å². The Balaban J connectivity index is 2.30. The number of benzene rings is 1. The number of hydrogen-bond donors (Lipinski definition) is 0. The number of carbonyl (C=O) groups excluding carboxylic acids is 2. The number of ether oxygens (including phenoxy) is 1. The van der Waals surface area contributed by atoms with Gasteiger partial charge in [-0.15, -0.1) is 0 Å². The van der Waals surface area contributed by atoms with Gasteiger partial charge >= 0.3 is 5.97 Å². The normalized spacial score (nSPS) is 21.5. The van der Waals surface area contributed by atoms with Gasteiger partial charge in [0, 0.05) is 18.2 Å². The lowest BCUT2D eigenvalue weighted by molar-refractivity contribution is -0.145. The smallest absolute Gasteiger partial charge is 0.310 e. The standard InChI is InChI=1S/C21H31NO3/c1-14-10-11-18(12-16(14)3)20(23)22(13-17(4)21(24)25-5)19-9-7-6-8-15(19)2/h10-12,15,17,19H,6-9,13H2,1-5H3. The summed E-state index contributed by atoms with van der Waals surface area (Å²) in [5.74, 6) is -0.109. The minimum absolute atomic E-state index is 0.0256. The molecule has 1 fully saturated rings. The third kappa shape index (κ3) is 4.62. The highest BCUT2D eigenvalue weighted by atomic mass is 16.5. The van der Waals surface area contributed by atoms with Gasteiger partial charge in [0.25, 0.3) is 5.91 Å². The second kappa shape index (κ2) is 8.50. The first-order valence-corrected chi connectivity index (χ1v) is 9.31. The molecule has 1 aromatic carbocycles. The van der Waals surface area contributed by atoms with E-state index < -0.39 is 0 Å². The lowest BCUT2D eigenvalue weighted by Gasteiger charge is -2.39. The van der Waals surface area contributed by atoms with E-state index in [9.17, 15) is 9.59 Å². The molecule has 1 aromatic rings. The SMILES string of the molecule is COC(=O)C(C)CN(C(=O)c1ccc(C)c(C)c1)C1CCCCC1C. The molecule has 0 spiro atoms. The highest BCUT2D eigenvalue weighted by Gasteiger charge is 2.33. The minimum atomic E-state index is -0.324. The van der Waals surface area contributed by atoms with Crippen LogP contribution >= 0.6 is 0 Å². The number of methoxy groups -OCH3 is 1. The van der Waals surface area contributed by atoms with Crippen LogP contribution in [-0.4, -0.2) is 36.5 Å². The van der Waals surface area contributed by atoms with E-state index in [-0.39, 0.29) is 23.8 Å². The Hall–Kier alpha value is -1.84. The molecule has 1 saturated carbocycles. The van der Waals surface area contributed by atoms with Crippen LogP contribution in [0.3, 0.4) is 0 Å². The highest BCUT2D eigenvalue weighted by Crippen LogP contribution is 2.30. The lowest BCUT2D eigenvalue weighted by Crippen LogP contribution is -2.48. The molecular weight excluding hydrogens is 314 g/mol. The van der Waals surface area contributed by atoms with Crippen LogP contribution in [0.4, 0.5) is 0 Å². The molecule has 3 atom stereocenters. The largest absolute Gasteiger partial charge is 0.469 e. The molecule has 138 valence electrons. The van der Waals surface area contributed by atoms with E-state index in [0.29, 0.717) is 18.0 Å². The van der Waals surface area contributed by atoms with Crippen molar-refractivity contribution in [3.8, 4) is 0 Å². The number of esters is 1. The van der Waals surface area contributed by atoms with Crippen LogP contribution in [0.5, 0.6) is 0 Å². The molecule has 3 unspecified atom stereocenters. The van der Waals surface area contributed by atoms with Gasteiger partial charge in [0.1, 0.15) is 0 Å². The van der Waals surface area contributed by atoms with E-state index in [1.807, 2.05) is 43.9 Å². The monoisotopic (exact) mass is 345 g/mol. The molecule has 2 rings (SSSR count). The quantitative estimate of drug-likeness (QED) is 0.754. The summed E-state index contributed by atoms with van der Waals surface area (Å²) < 4.78 is 4.87. The Labute approximate surface area is 151 Å². The fourth-order valence-electron chi connectivity index (χ4n) is 3.74. The first-order chi connectivity index (χ1) is 11.8. The van der Waals surface area contributed by atoms with Gasteiger partial charge in [-0.25, -0.2) is 0 Å². The second-order valence-electron chi connectivity index (χ2n) is 7.51. The minimum Gasteiger partial charge on any atom is -0.469 e. The predicted molar refractivity (Wildman–Crippen MR) is 99.6 cm³/mol. The van der Waals surface area contributed by atoms with Gasteiger partial charge < -0.3 is 9.64 Å². The summed E-state index contributed by atoms with van der Waals surface area (Å²) in [4.78, 5) is 27.1. The summed E-state index contributed by atoms with van der Waals surface area (Å²) >= 11 is 0. The third-order valence-corrected chi connectivity index (χ3v) is 5.56. The van der Waals surface area contributed by atoms with Crippen molar-refractivity contribution < 1.29 is 14.3 Å². The van der Waals surface area contributed by atoms with Crippen LogP contribution in [0.1, 0.15) is 61.0 Å². The van der Waals surface area contributed by atoms with Crippen LogP contribution in [0.25, 0.3) is 0 Å². The van der Waals surface area contributed by atoms with Crippen molar-refractivity contribution in [2.24, 2.45) is 11.8 Å². The maximum Gasteiger partial charge on any atom is 0.310 e. The molecule has 0 radical (unpaired) electrons. The molecule has 0 N–H and O–H groups in total. The summed E-state index contributed by atoms with van der Waals surface area (Å²) in [7, 11) is 1.40. The van der Waals surface area contributed by atoms with E-state index in [4.69, 9.17) is 4.74 Å². The molecule has 4 heteroatoms. The molecular formula is C21H31NO3. The van der Waals surface area contributed by atoms with E-state index >= 15 is 0 Å². The van der Waals surface area contributed by atoms with Gasteiger partial charge in [-0.3, -0.25) is 9.59 Å². The van der Waals surface area contributed by atoms with E-state index in [1.54, 1.807) is 0 Å². The van der Waals surface area contributed by atoms with E-state index in [1.165, 1.54) is 19.1 Å². The van der Waals surface area contributed by atoms with E-state index in [0.717, 1.165) is 24.8 Å². The highest BCUT2D eigenvalue weighted by molar-refractivity contribution is 5.95. The van der Waals surface area contributed by atoms with Crippen LogP contribution in [0.15, 0.2) is 18.2 Å². The lowest BCUT2D eigenvalue weighted by atomic mass is 9.84. The van der Waals surface area contributed by atoms with Gasteiger partial charge in [-0.05, 0) is 55.9 Å². The number of rotatable bonds is 5. The fourth-order valence-corrected chi connectivity index (χ4v) is 3.74. The molecule has 0 bridgehead atoms. The Morgan fingerprint density at radius 1 is 1.20 bits per heavy atom. The second-order valence-corrected chi connectivity index (χ2v) is 7.51. The molecule has 1 amide bonds. The van der Waals surface area contributed by atoms with Crippen molar-refractivity contribution in [3.63, 3.8) is 0 Å². The first-order valence-electron chi connectivity index (χ1n) is 9.31. The Morgan fingerprint density at radius 3 is 2.48 bits per heavy atom. The maximum absolute atomic E-state index is 13.3. The Bertz CT molecular complexity index is 626. The number of amides is 1. The number of carbonyl (C=O) groups is 2. The Morgan fingerprint density at radius 2 is 1.88 bits per heavy atom. The average Bonchev–Trinajstić information content (AvgIpc) is 2.61. The molecule has 1 aliphatic carbocycles. The topological polar surface area (TPSA) is 46.6 Å². The van der Waals surface area contributed by atoms with Crippen molar-refractivity contribution in [1.29, 1.82) is 0 Å². The number of nitrogens with zero attached hydrogens (tertiary/aromatic N) is 1. The molecule has 0 saturated heterocycles. The summed E-state index contributed by atoms with van der Waals surface area (Å²) in [5.41, 5.74) is 3.00. The average molecular weight is 345 g/mol. The van der Waals surface area contributed by atoms with Crippen LogP contribution in [0, 0.1) is 25.7 Å². The summed E-state index contributed by atoms with van der Waals surface area (Å²) in [6.07, 6.45) is 4.49. The van der Waals surface area contributed by atoms with Crippen LogP contribution in [-0.2, 0) is 9.53 Å². The fraction of sp³-hybridized carbons (Fsp3) is 0.619. The zero-order chi connectivity index (χ0) is 18.6. The van der Waals surface area contributed by atoms with Crippen LogP contribution in [0.2, 0.25) is 0 Å². The first kappa shape index (κ1) is 19.5. The summed E-state index contributed by atoms with van der Waals surface area (Å²) in [5, 5.41) is 0. The maximum atomic E-state index is 13.3. The summed E-state index contributed by atoms with van der Waals surface area (Å²) in [6.45, 7) is 8.53. The van der Waals surface area contributed by atoms with Gasteiger partial charge in [0.15, 0.2) is 0 Å². The molecule has 4 nitrogen and oxygen atoms in total. The molecule has 0 heterocycles. The van der Waals surface area contributed by atoms with Crippen LogP contribution < -0.4 is 0 Å². The molecule has 1 aliphatic rings. The number of hydrogen-bond acceptors (Lipinski definition) is 3. The van der Waals surface area contributed by atoms with Crippen molar-refractivity contribution in [1.82, 2.24) is 4.90 Å². The van der Waals surface area contributed by atoms with Gasteiger partial charge in [0.2, 0.25) is 0 Å². The van der Waals surface area contributed by atoms with Gasteiger partial charge in [-0.2, -0.15) is 0 Å². The zero-order valence-electron chi connectivity index (χ0n) is 16.2. The van der Waals surface area contributed by atoms with Gasteiger partial charge in [-0.1, -0.05) is 32.8 Å². The molecule has 25 heavy (non-hydrogen) atoms. The van der Waals surface area contributed by atoms with Crippen molar-refractivity contribution in [2.45, 2.75) is 59.4 Å². The molecule has 0 aliphatic heterocycles. The molecule has 0 aromatic heterocycles. The Kier molecular flexibility index (Phi) is 6.63. The van der Waals surface area contributed by atoms with Gasteiger partial charge in [0.05, 0.1) is 13.0 Å². The van der Waals surface area contributed by atoms with Crippen molar-refractivity contribution in [3.05, 3.63) is 34.9 Å². The summed E-state index contributed by atoms with van der Waals surface area (Å²) in [6, 6.07) is 6.04. The van der Waals surface area contributed by atoms with Crippen molar-refractivity contribution in [2.75, 3.05) is 13.7 Å². The predicted octanol–water partition coefficient (Wildman–Crippen LogP) is 4.13.